The van der Waals surface area contributed by atoms with E-state index in [9.17, 15) is 19.7 Å². The molecule has 0 aromatic heterocycles. The summed E-state index contributed by atoms with van der Waals surface area (Å²) in [5.41, 5.74) is 2.68. The number of nitro groups is 1. The van der Waals surface area contributed by atoms with Crippen molar-refractivity contribution in [2.24, 2.45) is 0 Å². The Hall–Kier alpha value is -2.87. The molecule has 0 heterocycles. The van der Waals surface area contributed by atoms with Crippen LogP contribution in [0.4, 0.5) is 11.4 Å². The van der Waals surface area contributed by atoms with Gasteiger partial charge < -0.3 is 10.6 Å². The van der Waals surface area contributed by atoms with E-state index in [1.165, 1.54) is 24.3 Å². The van der Waals surface area contributed by atoms with E-state index in [-0.39, 0.29) is 17.2 Å². The number of nitro benzene ring substituents is 1. The standard InChI is InChI=1S/C20H23N3O4S/c1-13-7-8-17(14(2)11-13)21-20(25)18(9-10-28-3)22-19(24)15-5-4-6-16(12-15)23(26)27/h4-8,11-12,18H,9-10H2,1-3H3,(H,21,25)(H,22,24)/t18-/m1/s1. The molecule has 2 amide bonds. The number of hydrogen-bond acceptors (Lipinski definition) is 5. The van der Waals surface area contributed by atoms with Gasteiger partial charge >= 0.3 is 0 Å². The minimum atomic E-state index is -0.750. The number of aryl methyl sites for hydroxylation is 2. The van der Waals surface area contributed by atoms with Gasteiger partial charge in [0.15, 0.2) is 0 Å². The second-order valence-corrected chi connectivity index (χ2v) is 7.41. The molecule has 28 heavy (non-hydrogen) atoms. The van der Waals surface area contributed by atoms with Crippen molar-refractivity contribution < 1.29 is 14.5 Å². The highest BCUT2D eigenvalue weighted by atomic mass is 32.2. The first-order valence-electron chi connectivity index (χ1n) is 8.74. The quantitative estimate of drug-likeness (QED) is 0.519. The monoisotopic (exact) mass is 401 g/mol. The number of thioether (sulfide) groups is 1. The van der Waals surface area contributed by atoms with Crippen molar-refractivity contribution in [3.8, 4) is 0 Å². The predicted molar refractivity (Wildman–Crippen MR) is 112 cm³/mol. The molecule has 2 aromatic rings. The molecule has 7 nitrogen and oxygen atoms in total. The Labute approximate surface area is 168 Å². The summed E-state index contributed by atoms with van der Waals surface area (Å²) >= 11 is 1.57. The van der Waals surface area contributed by atoms with Gasteiger partial charge in [-0.2, -0.15) is 11.8 Å². The number of nitrogens with one attached hydrogen (secondary N) is 2. The molecule has 2 rings (SSSR count). The van der Waals surface area contributed by atoms with E-state index in [2.05, 4.69) is 10.6 Å². The number of carbonyl (C=O) groups excluding carboxylic acids is 2. The smallest absolute Gasteiger partial charge is 0.270 e. The normalized spacial score (nSPS) is 11.5. The third-order valence-electron chi connectivity index (χ3n) is 4.19. The van der Waals surface area contributed by atoms with Crippen LogP contribution in [-0.2, 0) is 4.79 Å². The van der Waals surface area contributed by atoms with Crippen LogP contribution in [-0.4, -0.2) is 34.8 Å². The SMILES string of the molecule is CSCC[C@@H](NC(=O)c1cccc([N+](=O)[O-])c1)C(=O)Nc1ccc(C)cc1C. The topological polar surface area (TPSA) is 101 Å². The van der Waals surface area contributed by atoms with Crippen molar-refractivity contribution >= 4 is 35.0 Å². The number of non-ortho nitro benzene ring substituents is 1. The van der Waals surface area contributed by atoms with E-state index >= 15 is 0 Å². The van der Waals surface area contributed by atoms with Crippen LogP contribution < -0.4 is 10.6 Å². The molecule has 0 saturated heterocycles. The number of nitrogens with zero attached hydrogens (tertiary/aromatic N) is 1. The number of carbonyl (C=O) groups is 2. The molecule has 0 aliphatic heterocycles. The Morgan fingerprint density at radius 3 is 2.57 bits per heavy atom. The first kappa shape index (κ1) is 21.4. The zero-order chi connectivity index (χ0) is 20.7. The maximum atomic E-state index is 12.8. The summed E-state index contributed by atoms with van der Waals surface area (Å²) in [6.07, 6.45) is 2.36. The lowest BCUT2D eigenvalue weighted by atomic mass is 10.1. The van der Waals surface area contributed by atoms with Crippen LogP contribution >= 0.6 is 11.8 Å². The number of hydrogen-bond donors (Lipinski definition) is 2. The zero-order valence-corrected chi connectivity index (χ0v) is 16.8. The minimum Gasteiger partial charge on any atom is -0.340 e. The van der Waals surface area contributed by atoms with Crippen molar-refractivity contribution in [3.63, 3.8) is 0 Å². The van der Waals surface area contributed by atoms with Crippen LogP contribution in [0.2, 0.25) is 0 Å². The lowest BCUT2D eigenvalue weighted by molar-refractivity contribution is -0.384. The molecule has 8 heteroatoms. The first-order valence-corrected chi connectivity index (χ1v) is 10.1. The molecule has 0 bridgehead atoms. The number of anilines is 1. The molecule has 0 aliphatic rings. The lowest BCUT2D eigenvalue weighted by Crippen LogP contribution is -2.44. The summed E-state index contributed by atoms with van der Waals surface area (Å²) in [4.78, 5) is 35.6. The molecular formula is C20H23N3O4S. The molecule has 148 valence electrons. The second kappa shape index (κ2) is 9.89. The Morgan fingerprint density at radius 2 is 1.93 bits per heavy atom. The molecule has 1 atom stereocenters. The molecule has 0 saturated carbocycles. The summed E-state index contributed by atoms with van der Waals surface area (Å²) in [6, 6.07) is 10.4. The Morgan fingerprint density at radius 1 is 1.18 bits per heavy atom. The number of rotatable bonds is 8. The first-order chi connectivity index (χ1) is 13.3. The predicted octanol–water partition coefficient (Wildman–Crippen LogP) is 3.70. The Kier molecular flexibility index (Phi) is 7.57. The van der Waals surface area contributed by atoms with Crippen LogP contribution in [0.25, 0.3) is 0 Å². The fourth-order valence-electron chi connectivity index (χ4n) is 2.68. The van der Waals surface area contributed by atoms with Crippen molar-refractivity contribution in [1.82, 2.24) is 5.32 Å². The fourth-order valence-corrected chi connectivity index (χ4v) is 3.15. The van der Waals surface area contributed by atoms with E-state index < -0.39 is 16.9 Å². The number of benzene rings is 2. The Bertz CT molecular complexity index is 886. The average Bonchev–Trinajstić information content (AvgIpc) is 2.67. The number of amides is 2. The third-order valence-corrected chi connectivity index (χ3v) is 4.84. The van der Waals surface area contributed by atoms with Gasteiger partial charge in [-0.05, 0) is 50.0 Å². The third kappa shape index (κ3) is 5.82. The molecule has 0 fully saturated rings. The van der Waals surface area contributed by atoms with E-state index in [4.69, 9.17) is 0 Å². The summed E-state index contributed by atoms with van der Waals surface area (Å²) in [6.45, 7) is 3.88. The van der Waals surface area contributed by atoms with Gasteiger partial charge in [0.2, 0.25) is 5.91 Å². The molecule has 0 radical (unpaired) electrons. The molecule has 2 aromatic carbocycles. The van der Waals surface area contributed by atoms with Crippen molar-refractivity contribution in [2.45, 2.75) is 26.3 Å². The van der Waals surface area contributed by atoms with E-state index in [1.807, 2.05) is 38.3 Å². The highest BCUT2D eigenvalue weighted by Gasteiger charge is 2.22. The summed E-state index contributed by atoms with van der Waals surface area (Å²) < 4.78 is 0. The summed E-state index contributed by atoms with van der Waals surface area (Å²) in [5.74, 6) is -0.162. The van der Waals surface area contributed by atoms with Crippen LogP contribution in [0.1, 0.15) is 27.9 Å². The largest absolute Gasteiger partial charge is 0.340 e. The van der Waals surface area contributed by atoms with E-state index in [0.29, 0.717) is 17.9 Å². The second-order valence-electron chi connectivity index (χ2n) is 6.42. The van der Waals surface area contributed by atoms with Crippen molar-refractivity contribution in [2.75, 3.05) is 17.3 Å². The summed E-state index contributed by atoms with van der Waals surface area (Å²) in [5, 5.41) is 16.5. The molecule has 0 aliphatic carbocycles. The lowest BCUT2D eigenvalue weighted by Gasteiger charge is -2.19. The Balaban J connectivity index is 2.15. The highest BCUT2D eigenvalue weighted by Crippen LogP contribution is 2.17. The maximum Gasteiger partial charge on any atom is 0.270 e. The highest BCUT2D eigenvalue weighted by molar-refractivity contribution is 7.98. The molecule has 0 unspecified atom stereocenters. The van der Waals surface area contributed by atoms with Gasteiger partial charge in [-0.15, -0.1) is 0 Å². The van der Waals surface area contributed by atoms with Gasteiger partial charge in [0.05, 0.1) is 4.92 Å². The van der Waals surface area contributed by atoms with Crippen LogP contribution in [0.15, 0.2) is 42.5 Å². The minimum absolute atomic E-state index is 0.141. The van der Waals surface area contributed by atoms with Gasteiger partial charge in [0.25, 0.3) is 11.6 Å². The van der Waals surface area contributed by atoms with Gasteiger partial charge in [-0.25, -0.2) is 0 Å². The molecule has 2 N–H and O–H groups in total. The maximum absolute atomic E-state index is 12.8. The van der Waals surface area contributed by atoms with Crippen LogP contribution in [0.5, 0.6) is 0 Å². The van der Waals surface area contributed by atoms with Crippen LogP contribution in [0, 0.1) is 24.0 Å². The van der Waals surface area contributed by atoms with Gasteiger partial charge in [-0.1, -0.05) is 23.8 Å². The average molecular weight is 401 g/mol. The summed E-state index contributed by atoms with van der Waals surface area (Å²) in [7, 11) is 0. The van der Waals surface area contributed by atoms with Gasteiger partial charge in [-0.3, -0.25) is 19.7 Å². The van der Waals surface area contributed by atoms with Gasteiger partial charge in [0.1, 0.15) is 6.04 Å². The molecular weight excluding hydrogens is 378 g/mol. The van der Waals surface area contributed by atoms with Crippen molar-refractivity contribution in [3.05, 3.63) is 69.3 Å². The molecule has 0 spiro atoms. The van der Waals surface area contributed by atoms with E-state index in [1.54, 1.807) is 11.8 Å². The fraction of sp³-hybridized carbons (Fsp3) is 0.300. The zero-order valence-electron chi connectivity index (χ0n) is 16.0. The van der Waals surface area contributed by atoms with Gasteiger partial charge in [0, 0.05) is 23.4 Å². The van der Waals surface area contributed by atoms with Crippen LogP contribution in [0.3, 0.4) is 0 Å². The van der Waals surface area contributed by atoms with Crippen molar-refractivity contribution in [1.29, 1.82) is 0 Å². The van der Waals surface area contributed by atoms with E-state index in [0.717, 1.165) is 11.1 Å².